The summed E-state index contributed by atoms with van der Waals surface area (Å²) in [7, 11) is -0.168. The average Bonchev–Trinajstić information content (AvgIpc) is 2.17. The van der Waals surface area contributed by atoms with Crippen LogP contribution in [0.2, 0.25) is 0 Å². The predicted molar refractivity (Wildman–Crippen MR) is 58.2 cm³/mol. The molecule has 1 aromatic carbocycles. The average molecular weight is 228 g/mol. The van der Waals surface area contributed by atoms with Gasteiger partial charge in [0, 0.05) is 18.6 Å². The number of methoxy groups -OCH3 is 1. The Morgan fingerprint density at radius 1 is 1.44 bits per heavy atom. The fourth-order valence-electron chi connectivity index (χ4n) is 1.31. The molecule has 1 rings (SSSR count). The normalized spacial score (nSPS) is 12.3. The maximum Gasteiger partial charge on any atom is 0.492 e. The molecule has 0 spiro atoms. The van der Waals surface area contributed by atoms with E-state index in [-0.39, 0.29) is 17.3 Å². The summed E-state index contributed by atoms with van der Waals surface area (Å²) in [6.45, 7) is 2.07. The van der Waals surface area contributed by atoms with E-state index in [4.69, 9.17) is 19.5 Å². The molecule has 0 bridgehead atoms. The molecule has 4 nitrogen and oxygen atoms in total. The van der Waals surface area contributed by atoms with Gasteiger partial charge in [-0.2, -0.15) is 0 Å². The first-order valence-corrected chi connectivity index (χ1v) is 4.85. The first kappa shape index (κ1) is 13.0. The van der Waals surface area contributed by atoms with E-state index in [9.17, 15) is 4.39 Å². The van der Waals surface area contributed by atoms with Gasteiger partial charge in [-0.05, 0) is 13.0 Å². The smallest absolute Gasteiger partial charge is 0.489 e. The molecular formula is C10H14BFO4. The van der Waals surface area contributed by atoms with E-state index in [0.717, 1.165) is 12.1 Å². The molecule has 0 saturated carbocycles. The second-order valence-corrected chi connectivity index (χ2v) is 3.44. The van der Waals surface area contributed by atoms with Crippen LogP contribution < -0.4 is 10.2 Å². The van der Waals surface area contributed by atoms with Crippen molar-refractivity contribution in [1.82, 2.24) is 0 Å². The highest BCUT2D eigenvalue weighted by atomic mass is 19.1. The van der Waals surface area contributed by atoms with Crippen LogP contribution >= 0.6 is 0 Å². The zero-order valence-corrected chi connectivity index (χ0v) is 9.18. The second-order valence-electron chi connectivity index (χ2n) is 3.44. The molecule has 6 heteroatoms. The van der Waals surface area contributed by atoms with E-state index in [1.807, 2.05) is 0 Å². The Bertz CT molecular complexity index is 346. The van der Waals surface area contributed by atoms with Gasteiger partial charge in [-0.15, -0.1) is 0 Å². The van der Waals surface area contributed by atoms with Crippen LogP contribution in [0, 0.1) is 5.82 Å². The second kappa shape index (κ2) is 5.84. The molecule has 0 saturated heterocycles. The van der Waals surface area contributed by atoms with Gasteiger partial charge in [0.15, 0.2) is 0 Å². The number of halogens is 1. The number of ether oxygens (including phenoxy) is 2. The molecule has 0 amide bonds. The molecule has 0 fully saturated rings. The van der Waals surface area contributed by atoms with Crippen molar-refractivity contribution >= 4 is 12.6 Å². The Hall–Kier alpha value is -1.11. The monoisotopic (exact) mass is 228 g/mol. The summed E-state index contributed by atoms with van der Waals surface area (Å²) < 4.78 is 23.2. The maximum absolute atomic E-state index is 13.0. The van der Waals surface area contributed by atoms with Crippen LogP contribution in [0.1, 0.15) is 6.92 Å². The Balaban J connectivity index is 2.87. The number of benzene rings is 1. The maximum atomic E-state index is 13.0. The molecule has 0 radical (unpaired) electrons. The zero-order chi connectivity index (χ0) is 12.1. The van der Waals surface area contributed by atoms with Crippen molar-refractivity contribution in [1.29, 1.82) is 0 Å². The van der Waals surface area contributed by atoms with E-state index < -0.39 is 12.9 Å². The molecule has 1 unspecified atom stereocenters. The van der Waals surface area contributed by atoms with Gasteiger partial charge in [0.05, 0.1) is 6.61 Å². The van der Waals surface area contributed by atoms with Crippen molar-refractivity contribution in [3.05, 3.63) is 24.0 Å². The third-order valence-electron chi connectivity index (χ3n) is 1.98. The van der Waals surface area contributed by atoms with Crippen LogP contribution in [-0.4, -0.2) is 37.0 Å². The Morgan fingerprint density at radius 3 is 2.69 bits per heavy atom. The largest absolute Gasteiger partial charge is 0.492 e. The molecule has 0 aromatic heterocycles. The lowest BCUT2D eigenvalue weighted by Gasteiger charge is -2.16. The van der Waals surface area contributed by atoms with Crippen LogP contribution in [-0.2, 0) is 4.74 Å². The molecular weight excluding hydrogens is 214 g/mol. The molecule has 0 heterocycles. The van der Waals surface area contributed by atoms with Gasteiger partial charge in [0.1, 0.15) is 17.7 Å². The quantitative estimate of drug-likeness (QED) is 0.692. The fourth-order valence-corrected chi connectivity index (χ4v) is 1.31. The molecule has 16 heavy (non-hydrogen) atoms. The number of hydrogen-bond donors (Lipinski definition) is 2. The van der Waals surface area contributed by atoms with Gasteiger partial charge in [-0.3, -0.25) is 0 Å². The summed E-state index contributed by atoms with van der Waals surface area (Å²) in [5.41, 5.74) is 0.129. The summed E-state index contributed by atoms with van der Waals surface area (Å²) in [6, 6.07) is 3.53. The van der Waals surface area contributed by atoms with Crippen molar-refractivity contribution in [2.24, 2.45) is 0 Å². The van der Waals surface area contributed by atoms with Crippen LogP contribution in [0.5, 0.6) is 5.75 Å². The lowest BCUT2D eigenvalue weighted by molar-refractivity contribution is 0.0924. The highest BCUT2D eigenvalue weighted by Crippen LogP contribution is 2.12. The van der Waals surface area contributed by atoms with Gasteiger partial charge in [0.2, 0.25) is 0 Å². The van der Waals surface area contributed by atoms with E-state index in [1.165, 1.54) is 13.2 Å². The minimum Gasteiger partial charge on any atom is -0.489 e. The van der Waals surface area contributed by atoms with E-state index in [1.54, 1.807) is 6.92 Å². The molecule has 0 aliphatic rings. The molecule has 1 aromatic rings. The third-order valence-corrected chi connectivity index (χ3v) is 1.98. The minimum absolute atomic E-state index is 0.111. The summed E-state index contributed by atoms with van der Waals surface area (Å²) in [5.74, 6) is -0.386. The van der Waals surface area contributed by atoms with Crippen LogP contribution in [0.3, 0.4) is 0 Å². The van der Waals surface area contributed by atoms with Gasteiger partial charge in [-0.25, -0.2) is 4.39 Å². The van der Waals surface area contributed by atoms with E-state index in [0.29, 0.717) is 6.61 Å². The van der Waals surface area contributed by atoms with Gasteiger partial charge in [0.25, 0.3) is 0 Å². The number of hydrogen-bond acceptors (Lipinski definition) is 4. The third kappa shape index (κ3) is 3.48. The number of rotatable bonds is 5. The molecule has 1 atom stereocenters. The van der Waals surface area contributed by atoms with Crippen LogP contribution in [0.15, 0.2) is 18.2 Å². The lowest BCUT2D eigenvalue weighted by atomic mass is 9.79. The van der Waals surface area contributed by atoms with E-state index >= 15 is 0 Å². The van der Waals surface area contributed by atoms with Crippen LogP contribution in [0.4, 0.5) is 4.39 Å². The first-order chi connectivity index (χ1) is 7.54. The standard InChI is InChI=1S/C10H14BFO4/c1-7(6-15-2)16-10-5-8(12)3-4-9(10)11(13)14/h3-5,7,13-14H,6H2,1-2H3. The molecule has 0 aliphatic heterocycles. The summed E-state index contributed by atoms with van der Waals surface area (Å²) in [6.07, 6.45) is -0.302. The fraction of sp³-hybridized carbons (Fsp3) is 0.400. The summed E-state index contributed by atoms with van der Waals surface area (Å²) >= 11 is 0. The van der Waals surface area contributed by atoms with Crippen molar-refractivity contribution in [3.8, 4) is 5.75 Å². The van der Waals surface area contributed by atoms with Crippen LogP contribution in [0.25, 0.3) is 0 Å². The molecule has 88 valence electrons. The minimum atomic E-state index is -1.69. The predicted octanol–water partition coefficient (Wildman–Crippen LogP) is -0.0808. The van der Waals surface area contributed by atoms with Gasteiger partial charge in [-0.1, -0.05) is 6.07 Å². The SMILES string of the molecule is COCC(C)Oc1cc(F)ccc1B(O)O. The Kier molecular flexibility index (Phi) is 4.73. The zero-order valence-electron chi connectivity index (χ0n) is 9.18. The Morgan fingerprint density at radius 2 is 2.12 bits per heavy atom. The summed E-state index contributed by atoms with van der Waals surface area (Å²) in [5, 5.41) is 18.1. The summed E-state index contributed by atoms with van der Waals surface area (Å²) in [4.78, 5) is 0. The Labute approximate surface area is 93.8 Å². The van der Waals surface area contributed by atoms with Crippen molar-refractivity contribution in [2.75, 3.05) is 13.7 Å². The van der Waals surface area contributed by atoms with Crippen molar-refractivity contribution < 1.29 is 23.9 Å². The first-order valence-electron chi connectivity index (χ1n) is 4.85. The van der Waals surface area contributed by atoms with Gasteiger partial charge >= 0.3 is 7.12 Å². The van der Waals surface area contributed by atoms with Crippen molar-refractivity contribution in [3.63, 3.8) is 0 Å². The molecule has 0 aliphatic carbocycles. The van der Waals surface area contributed by atoms with Gasteiger partial charge < -0.3 is 19.5 Å². The van der Waals surface area contributed by atoms with Crippen molar-refractivity contribution in [2.45, 2.75) is 13.0 Å². The molecule has 2 N–H and O–H groups in total. The topological polar surface area (TPSA) is 58.9 Å². The highest BCUT2D eigenvalue weighted by Gasteiger charge is 2.19. The highest BCUT2D eigenvalue weighted by molar-refractivity contribution is 6.59. The lowest BCUT2D eigenvalue weighted by Crippen LogP contribution is -2.33. The van der Waals surface area contributed by atoms with E-state index in [2.05, 4.69) is 0 Å².